The summed E-state index contributed by atoms with van der Waals surface area (Å²) >= 11 is 0. The maximum atomic E-state index is 14.5. The molecule has 0 atom stereocenters. The zero-order valence-electron chi connectivity index (χ0n) is 17.1. The van der Waals surface area contributed by atoms with Gasteiger partial charge in [0.2, 0.25) is 5.82 Å². The Balaban J connectivity index is 1.53. The summed E-state index contributed by atoms with van der Waals surface area (Å²) in [7, 11) is 1.32. The molecule has 0 aliphatic heterocycles. The molecule has 0 spiro atoms. The molecule has 0 heterocycles. The largest absolute Gasteiger partial charge is 0.494 e. The fraction of sp³-hybridized carbons (Fsp3) is 0.500. The van der Waals surface area contributed by atoms with Crippen molar-refractivity contribution in [2.24, 2.45) is 5.92 Å². The lowest BCUT2D eigenvalue weighted by molar-refractivity contribution is 0.134. The monoisotopic (exact) mass is 406 g/mol. The van der Waals surface area contributed by atoms with Crippen LogP contribution in [0.25, 0.3) is 0 Å². The molecule has 0 radical (unpaired) electrons. The molecule has 0 amide bonds. The quantitative estimate of drug-likeness (QED) is 0.494. The van der Waals surface area contributed by atoms with Gasteiger partial charge in [-0.25, -0.2) is 8.78 Å². The van der Waals surface area contributed by atoms with Crippen LogP contribution in [0, 0.1) is 23.4 Å². The lowest BCUT2D eigenvalue weighted by Gasteiger charge is -2.29. The van der Waals surface area contributed by atoms with Crippen molar-refractivity contribution in [1.82, 2.24) is 0 Å². The smallest absolute Gasteiger partial charge is 0.200 e. The van der Waals surface area contributed by atoms with E-state index in [4.69, 9.17) is 9.47 Å². The molecule has 1 aliphatic carbocycles. The zero-order valence-corrected chi connectivity index (χ0v) is 17.1. The highest BCUT2D eigenvalue weighted by Gasteiger charge is 2.25. The van der Waals surface area contributed by atoms with Crippen LogP contribution in [0.2, 0.25) is 0 Å². The molecule has 158 valence electrons. The molecule has 0 aromatic heterocycles. The van der Waals surface area contributed by atoms with E-state index in [9.17, 15) is 13.2 Å². The van der Waals surface area contributed by atoms with Crippen molar-refractivity contribution in [2.75, 3.05) is 13.7 Å². The molecule has 5 heteroatoms. The van der Waals surface area contributed by atoms with E-state index in [0.717, 1.165) is 43.2 Å². The number of benzene rings is 2. The minimum absolute atomic E-state index is 0.0685. The van der Waals surface area contributed by atoms with Crippen LogP contribution in [-0.2, 0) is 17.8 Å². The van der Waals surface area contributed by atoms with Gasteiger partial charge >= 0.3 is 0 Å². The Morgan fingerprint density at radius 3 is 2.38 bits per heavy atom. The molecule has 0 unspecified atom stereocenters. The van der Waals surface area contributed by atoms with Crippen molar-refractivity contribution in [3.05, 3.63) is 64.5 Å². The molecule has 2 aromatic rings. The number of ether oxygens (including phenoxy) is 2. The van der Waals surface area contributed by atoms with Crippen molar-refractivity contribution >= 4 is 0 Å². The second-order valence-electron chi connectivity index (χ2n) is 7.80. The van der Waals surface area contributed by atoms with Gasteiger partial charge in [-0.2, -0.15) is 4.39 Å². The summed E-state index contributed by atoms with van der Waals surface area (Å²) in [5, 5.41) is 0. The summed E-state index contributed by atoms with van der Waals surface area (Å²) in [5.41, 5.74) is 2.03. The molecule has 3 rings (SSSR count). The predicted molar refractivity (Wildman–Crippen MR) is 108 cm³/mol. The molecule has 1 aliphatic rings. The number of halogens is 3. The highest BCUT2D eigenvalue weighted by molar-refractivity contribution is 5.31. The molecule has 0 N–H and O–H groups in total. The Labute approximate surface area is 171 Å². The zero-order chi connectivity index (χ0) is 20.8. The first-order valence-corrected chi connectivity index (χ1v) is 10.4. The van der Waals surface area contributed by atoms with Crippen molar-refractivity contribution in [1.29, 1.82) is 0 Å². The first kappa shape index (κ1) is 21.7. The average Bonchev–Trinajstić information content (AvgIpc) is 2.74. The van der Waals surface area contributed by atoms with Gasteiger partial charge in [-0.1, -0.05) is 18.2 Å². The topological polar surface area (TPSA) is 18.5 Å². The minimum Gasteiger partial charge on any atom is -0.494 e. The summed E-state index contributed by atoms with van der Waals surface area (Å²) in [6, 6.07) is 8.49. The van der Waals surface area contributed by atoms with Gasteiger partial charge in [-0.05, 0) is 86.1 Å². The van der Waals surface area contributed by atoms with Crippen molar-refractivity contribution < 1.29 is 22.6 Å². The predicted octanol–water partition coefficient (Wildman–Crippen LogP) is 6.56. The van der Waals surface area contributed by atoms with Crippen LogP contribution < -0.4 is 4.74 Å². The van der Waals surface area contributed by atoms with Crippen LogP contribution in [0.5, 0.6) is 5.75 Å². The fourth-order valence-corrected chi connectivity index (χ4v) is 4.26. The third kappa shape index (κ3) is 5.33. The third-order valence-corrected chi connectivity index (χ3v) is 5.99. The first-order chi connectivity index (χ1) is 14.0. The van der Waals surface area contributed by atoms with Crippen molar-refractivity contribution in [3.8, 4) is 5.75 Å². The van der Waals surface area contributed by atoms with E-state index in [1.54, 1.807) is 12.1 Å². The highest BCUT2D eigenvalue weighted by atomic mass is 19.2. The maximum absolute atomic E-state index is 14.5. The number of hydrogen-bond acceptors (Lipinski definition) is 2. The molecular weight excluding hydrogens is 377 g/mol. The van der Waals surface area contributed by atoms with Gasteiger partial charge in [-0.3, -0.25) is 0 Å². The van der Waals surface area contributed by atoms with E-state index in [1.165, 1.54) is 13.2 Å². The van der Waals surface area contributed by atoms with Gasteiger partial charge in [0.25, 0.3) is 0 Å². The summed E-state index contributed by atoms with van der Waals surface area (Å²) in [5.74, 6) is -1.27. The SMILES string of the molecule is CCOCc1ccc(C2CCC(CCc3ccc(OC)c(F)c3F)CC2)c(F)c1. The van der Waals surface area contributed by atoms with E-state index < -0.39 is 11.6 Å². The summed E-state index contributed by atoms with van der Waals surface area (Å²) < 4.78 is 52.7. The molecule has 2 aromatic carbocycles. The van der Waals surface area contributed by atoms with Crippen LogP contribution in [0.4, 0.5) is 13.2 Å². The minimum atomic E-state index is -0.919. The normalized spacial score (nSPS) is 19.3. The standard InChI is InChI=1S/C24H29F3O2/c1-3-29-15-17-7-12-20(21(25)14-17)18-8-4-16(5-9-18)6-10-19-11-13-22(28-2)24(27)23(19)26/h7,11-14,16,18H,3-6,8-10,15H2,1-2H3. The Morgan fingerprint density at radius 2 is 1.72 bits per heavy atom. The average molecular weight is 406 g/mol. The first-order valence-electron chi connectivity index (χ1n) is 10.4. The van der Waals surface area contributed by atoms with Crippen LogP contribution in [0.1, 0.15) is 61.6 Å². The van der Waals surface area contributed by atoms with Crippen LogP contribution in [0.15, 0.2) is 30.3 Å². The summed E-state index contributed by atoms with van der Waals surface area (Å²) in [6.45, 7) is 2.96. The van der Waals surface area contributed by atoms with E-state index in [-0.39, 0.29) is 17.5 Å². The molecule has 0 saturated heterocycles. The van der Waals surface area contributed by atoms with E-state index in [1.807, 2.05) is 19.1 Å². The van der Waals surface area contributed by atoms with Gasteiger partial charge in [0.15, 0.2) is 11.6 Å². The molecule has 1 fully saturated rings. The molecular formula is C24H29F3O2. The molecule has 1 saturated carbocycles. The second-order valence-corrected chi connectivity index (χ2v) is 7.80. The maximum Gasteiger partial charge on any atom is 0.200 e. The Morgan fingerprint density at radius 1 is 0.966 bits per heavy atom. The second kappa shape index (κ2) is 10.1. The van der Waals surface area contributed by atoms with Crippen molar-refractivity contribution in [3.63, 3.8) is 0 Å². The van der Waals surface area contributed by atoms with Gasteiger partial charge in [-0.15, -0.1) is 0 Å². The van der Waals surface area contributed by atoms with Gasteiger partial charge in [0, 0.05) is 6.61 Å². The molecule has 2 nitrogen and oxygen atoms in total. The Hall–Kier alpha value is -2.01. The number of rotatable bonds is 8. The molecule has 0 bridgehead atoms. The van der Waals surface area contributed by atoms with Gasteiger partial charge in [0.05, 0.1) is 13.7 Å². The lowest BCUT2D eigenvalue weighted by Crippen LogP contribution is -2.15. The van der Waals surface area contributed by atoms with E-state index in [2.05, 4.69) is 0 Å². The fourth-order valence-electron chi connectivity index (χ4n) is 4.26. The molecule has 29 heavy (non-hydrogen) atoms. The van der Waals surface area contributed by atoms with Crippen LogP contribution in [-0.4, -0.2) is 13.7 Å². The van der Waals surface area contributed by atoms with Gasteiger partial charge in [0.1, 0.15) is 5.82 Å². The van der Waals surface area contributed by atoms with Crippen LogP contribution in [0.3, 0.4) is 0 Å². The van der Waals surface area contributed by atoms with E-state index >= 15 is 0 Å². The van der Waals surface area contributed by atoms with Gasteiger partial charge < -0.3 is 9.47 Å². The Kier molecular flexibility index (Phi) is 7.59. The van der Waals surface area contributed by atoms with Crippen molar-refractivity contribution in [2.45, 2.75) is 58.0 Å². The number of methoxy groups -OCH3 is 1. The highest BCUT2D eigenvalue weighted by Crippen LogP contribution is 2.39. The number of hydrogen-bond donors (Lipinski definition) is 0. The summed E-state index contributed by atoms with van der Waals surface area (Å²) in [4.78, 5) is 0. The summed E-state index contributed by atoms with van der Waals surface area (Å²) in [6.07, 6.45) is 5.11. The third-order valence-electron chi connectivity index (χ3n) is 5.99. The van der Waals surface area contributed by atoms with E-state index in [0.29, 0.717) is 31.1 Å². The number of aryl methyl sites for hydroxylation is 1. The lowest BCUT2D eigenvalue weighted by atomic mass is 9.76. The van der Waals surface area contributed by atoms with Crippen LogP contribution >= 0.6 is 0 Å². The Bertz CT molecular complexity index is 814.